The summed E-state index contributed by atoms with van der Waals surface area (Å²) in [6.07, 6.45) is 11.4. The minimum Gasteiger partial charge on any atom is -0.366 e. The molecule has 2 aliphatic rings. The summed E-state index contributed by atoms with van der Waals surface area (Å²) in [6.45, 7) is 0.126. The number of unbranched alkanes of at least 4 members (excludes halogenated alkanes) is 4. The SMILES string of the molecule is NC(CCCCCC(=O)COCC(=O)CCCCCC(N)CC1SS1)CC1SS1. The summed E-state index contributed by atoms with van der Waals surface area (Å²) in [5, 5.41) is 0. The molecule has 0 spiro atoms. The van der Waals surface area contributed by atoms with Crippen molar-refractivity contribution < 1.29 is 14.3 Å². The highest BCUT2D eigenvalue weighted by atomic mass is 33.2. The van der Waals surface area contributed by atoms with Crippen molar-refractivity contribution in [1.82, 2.24) is 0 Å². The fraction of sp³-hybridized carbons (Fsp3) is 0.900. The molecule has 168 valence electrons. The largest absolute Gasteiger partial charge is 0.366 e. The van der Waals surface area contributed by atoms with Gasteiger partial charge >= 0.3 is 0 Å². The maximum Gasteiger partial charge on any atom is 0.158 e. The third kappa shape index (κ3) is 15.1. The molecule has 5 nitrogen and oxygen atoms in total. The Bertz CT molecular complexity index is 448. The van der Waals surface area contributed by atoms with E-state index in [1.165, 1.54) is 0 Å². The number of Topliss-reactive ketones (excluding diaryl/α,β-unsaturated/α-hetero) is 2. The van der Waals surface area contributed by atoms with Crippen molar-refractivity contribution in [1.29, 1.82) is 0 Å². The van der Waals surface area contributed by atoms with Crippen LogP contribution in [0.15, 0.2) is 0 Å². The Labute approximate surface area is 191 Å². The van der Waals surface area contributed by atoms with Crippen molar-refractivity contribution in [3.8, 4) is 0 Å². The molecule has 2 unspecified atom stereocenters. The van der Waals surface area contributed by atoms with Crippen LogP contribution in [-0.2, 0) is 14.3 Å². The second-order valence-electron chi connectivity index (χ2n) is 8.00. The van der Waals surface area contributed by atoms with Crippen LogP contribution in [0.3, 0.4) is 0 Å². The van der Waals surface area contributed by atoms with E-state index in [-0.39, 0.29) is 24.8 Å². The van der Waals surface area contributed by atoms with E-state index < -0.39 is 0 Å². The predicted octanol–water partition coefficient (Wildman–Crippen LogP) is 4.92. The Morgan fingerprint density at radius 1 is 0.690 bits per heavy atom. The van der Waals surface area contributed by atoms with Crippen LogP contribution in [0.1, 0.15) is 77.0 Å². The molecular weight excluding hydrogens is 444 g/mol. The van der Waals surface area contributed by atoms with E-state index in [1.807, 2.05) is 43.2 Å². The minimum atomic E-state index is 0.0629. The van der Waals surface area contributed by atoms with Crippen molar-refractivity contribution in [3.05, 3.63) is 0 Å². The Kier molecular flexibility index (Phi) is 13.8. The number of nitrogens with two attached hydrogens (primary N) is 2. The second kappa shape index (κ2) is 15.4. The third-order valence-electron chi connectivity index (χ3n) is 5.04. The average molecular weight is 481 g/mol. The first-order valence-electron chi connectivity index (χ1n) is 10.8. The molecule has 0 aromatic heterocycles. The standard InChI is InChI=1S/C20H36N2O3S4/c21-15(11-19-26-27-19)7-3-1-5-9-17(23)13-25-14-18(24)10-6-2-4-8-16(22)12-20-28-29-20/h15-16,19-20H,1-14,21-22H2. The molecule has 0 saturated carbocycles. The highest BCUT2D eigenvalue weighted by Gasteiger charge is 2.26. The zero-order valence-electron chi connectivity index (χ0n) is 17.2. The van der Waals surface area contributed by atoms with Gasteiger partial charge in [0.1, 0.15) is 13.2 Å². The summed E-state index contributed by atoms with van der Waals surface area (Å²) >= 11 is 0. The van der Waals surface area contributed by atoms with Gasteiger partial charge in [0.15, 0.2) is 11.6 Å². The maximum absolute atomic E-state index is 11.8. The molecule has 29 heavy (non-hydrogen) atoms. The first-order valence-corrected chi connectivity index (χ1v) is 15.3. The number of hydrogen-bond donors (Lipinski definition) is 2. The number of rotatable bonds is 20. The molecule has 0 aromatic rings. The van der Waals surface area contributed by atoms with Crippen LogP contribution < -0.4 is 11.5 Å². The van der Waals surface area contributed by atoms with Gasteiger partial charge in [-0.1, -0.05) is 68.9 Å². The lowest BCUT2D eigenvalue weighted by Gasteiger charge is -2.09. The lowest BCUT2D eigenvalue weighted by molar-refractivity contribution is -0.128. The molecule has 4 N–H and O–H groups in total. The molecule has 2 aliphatic heterocycles. The van der Waals surface area contributed by atoms with Crippen molar-refractivity contribution in [2.24, 2.45) is 11.5 Å². The molecule has 2 atom stereocenters. The Morgan fingerprint density at radius 2 is 1.10 bits per heavy atom. The van der Waals surface area contributed by atoms with E-state index >= 15 is 0 Å². The summed E-state index contributed by atoms with van der Waals surface area (Å²) in [7, 11) is 7.65. The summed E-state index contributed by atoms with van der Waals surface area (Å²) < 4.78 is 6.75. The molecule has 0 aromatic carbocycles. The normalized spacial score (nSPS) is 18.6. The maximum atomic E-state index is 11.8. The molecule has 9 heteroatoms. The van der Waals surface area contributed by atoms with Crippen molar-refractivity contribution in [2.45, 2.75) is 98.3 Å². The van der Waals surface area contributed by atoms with Crippen LogP contribution in [0.25, 0.3) is 0 Å². The highest BCUT2D eigenvalue weighted by molar-refractivity contribution is 8.93. The Balaban J connectivity index is 1.32. The summed E-state index contributed by atoms with van der Waals surface area (Å²) in [6, 6.07) is 0.593. The number of hydrogen-bond acceptors (Lipinski definition) is 9. The van der Waals surface area contributed by atoms with Gasteiger partial charge in [-0.2, -0.15) is 0 Å². The molecule has 0 bridgehead atoms. The molecule has 0 aliphatic carbocycles. The first-order chi connectivity index (χ1) is 14.0. The van der Waals surface area contributed by atoms with Gasteiger partial charge in [0.05, 0.1) is 9.16 Å². The van der Waals surface area contributed by atoms with Crippen LogP contribution in [0.5, 0.6) is 0 Å². The van der Waals surface area contributed by atoms with Gasteiger partial charge in [0, 0.05) is 24.9 Å². The van der Waals surface area contributed by atoms with Crippen LogP contribution in [0.4, 0.5) is 0 Å². The van der Waals surface area contributed by atoms with Gasteiger partial charge in [-0.15, -0.1) is 0 Å². The van der Waals surface area contributed by atoms with Crippen LogP contribution in [0, 0.1) is 0 Å². The summed E-state index contributed by atoms with van der Waals surface area (Å²) in [5.74, 6) is 0.183. The van der Waals surface area contributed by atoms with Crippen LogP contribution in [0.2, 0.25) is 0 Å². The topological polar surface area (TPSA) is 95.4 Å². The van der Waals surface area contributed by atoms with Gasteiger partial charge in [0.2, 0.25) is 0 Å². The molecule has 0 radical (unpaired) electrons. The Hall–Kier alpha value is 0.620. The number of ether oxygens (including phenoxy) is 1. The fourth-order valence-corrected chi connectivity index (χ4v) is 6.07. The van der Waals surface area contributed by atoms with Gasteiger partial charge < -0.3 is 16.2 Å². The number of carbonyl (C=O) groups is 2. The zero-order valence-corrected chi connectivity index (χ0v) is 20.5. The average Bonchev–Trinajstić information content (AvgIpc) is 3.58. The second-order valence-corrected chi connectivity index (χ2v) is 14.0. The van der Waals surface area contributed by atoms with E-state index in [2.05, 4.69) is 0 Å². The molecule has 2 fully saturated rings. The highest BCUT2D eigenvalue weighted by Crippen LogP contribution is 2.56. The molecular formula is C20H36N2O3S4. The van der Waals surface area contributed by atoms with E-state index in [9.17, 15) is 9.59 Å². The van der Waals surface area contributed by atoms with Gasteiger partial charge in [-0.05, 0) is 38.5 Å². The zero-order chi connectivity index (χ0) is 20.9. The quantitative estimate of drug-likeness (QED) is 0.143. The lowest BCUT2D eigenvalue weighted by Crippen LogP contribution is -2.21. The van der Waals surface area contributed by atoms with Crippen LogP contribution >= 0.6 is 43.2 Å². The molecule has 2 heterocycles. The van der Waals surface area contributed by atoms with E-state index in [0.717, 1.165) is 73.4 Å². The number of carbonyl (C=O) groups excluding carboxylic acids is 2. The summed E-state index contributed by atoms with van der Waals surface area (Å²) in [4.78, 5) is 23.7. The van der Waals surface area contributed by atoms with E-state index in [1.54, 1.807) is 0 Å². The van der Waals surface area contributed by atoms with Crippen LogP contribution in [-0.4, -0.2) is 46.0 Å². The predicted molar refractivity (Wildman–Crippen MR) is 130 cm³/mol. The lowest BCUT2D eigenvalue weighted by atomic mass is 10.0. The van der Waals surface area contributed by atoms with Crippen molar-refractivity contribution >= 4 is 54.7 Å². The molecule has 2 saturated heterocycles. The smallest absolute Gasteiger partial charge is 0.158 e. The monoisotopic (exact) mass is 480 g/mol. The third-order valence-corrected chi connectivity index (χ3v) is 9.53. The number of ketones is 2. The van der Waals surface area contributed by atoms with Gasteiger partial charge in [-0.3, -0.25) is 9.59 Å². The minimum absolute atomic E-state index is 0.0629. The summed E-state index contributed by atoms with van der Waals surface area (Å²) in [5.41, 5.74) is 12.2. The van der Waals surface area contributed by atoms with Gasteiger partial charge in [0.25, 0.3) is 0 Å². The van der Waals surface area contributed by atoms with Crippen molar-refractivity contribution in [2.75, 3.05) is 13.2 Å². The van der Waals surface area contributed by atoms with E-state index in [4.69, 9.17) is 16.2 Å². The Morgan fingerprint density at radius 3 is 1.48 bits per heavy atom. The van der Waals surface area contributed by atoms with E-state index in [0.29, 0.717) is 24.9 Å². The van der Waals surface area contributed by atoms with Crippen molar-refractivity contribution in [3.63, 3.8) is 0 Å². The van der Waals surface area contributed by atoms with Gasteiger partial charge in [-0.25, -0.2) is 0 Å². The molecule has 0 amide bonds. The fourth-order valence-electron chi connectivity index (χ4n) is 3.20. The molecule has 2 rings (SSSR count). The first kappa shape index (κ1) is 25.9.